The number of thiocarbonyl (C=S) groups is 1. The van der Waals surface area contributed by atoms with E-state index in [0.29, 0.717) is 16.1 Å². The molecule has 1 aliphatic carbocycles. The molecule has 3 aromatic rings. The summed E-state index contributed by atoms with van der Waals surface area (Å²) in [5, 5.41) is 6.91. The molecule has 0 bridgehead atoms. The van der Waals surface area contributed by atoms with E-state index in [2.05, 4.69) is 24.5 Å². The lowest BCUT2D eigenvalue weighted by atomic mass is 9.86. The highest BCUT2D eigenvalue weighted by atomic mass is 32.1. The number of nitrogens with zero attached hydrogens (tertiary/aromatic N) is 1. The molecule has 33 heavy (non-hydrogen) atoms. The molecule has 0 radical (unpaired) electrons. The normalized spacial score (nSPS) is 13.0. The number of benzene rings is 1. The maximum Gasteiger partial charge on any atom is 0.350 e. The lowest BCUT2D eigenvalue weighted by Crippen LogP contribution is -2.34. The molecule has 6 nitrogen and oxygen atoms in total. The Hall–Kier alpha value is -2.84. The van der Waals surface area contributed by atoms with Crippen LogP contribution in [0.1, 0.15) is 76.4 Å². The standard InChI is InChI=1S/C25H27N3O3S2/c1-4-31-24(30)21-20(27-25(32)28-22(29)15-10-6-5-7-11-15)18-16-12-8-9-13-17(16)19(14(2)3)26-23(18)33-21/h5-7,10-11,14H,4,8-9,12-13H2,1-3H3,(H2,27,28,29,32). The lowest BCUT2D eigenvalue weighted by molar-refractivity contribution is 0.0533. The van der Waals surface area contributed by atoms with Crippen LogP contribution >= 0.6 is 23.6 Å². The zero-order valence-electron chi connectivity index (χ0n) is 19.0. The Balaban J connectivity index is 1.78. The van der Waals surface area contributed by atoms with E-state index in [4.69, 9.17) is 21.9 Å². The van der Waals surface area contributed by atoms with Crippen molar-refractivity contribution in [2.24, 2.45) is 0 Å². The minimum Gasteiger partial charge on any atom is -0.462 e. The average molecular weight is 482 g/mol. The van der Waals surface area contributed by atoms with Gasteiger partial charge in [-0.2, -0.15) is 0 Å². The number of hydrogen-bond donors (Lipinski definition) is 2. The van der Waals surface area contributed by atoms with Crippen LogP contribution in [0.2, 0.25) is 0 Å². The Morgan fingerprint density at radius 2 is 1.85 bits per heavy atom. The summed E-state index contributed by atoms with van der Waals surface area (Å²) in [6.07, 6.45) is 4.11. The summed E-state index contributed by atoms with van der Waals surface area (Å²) in [7, 11) is 0. The number of nitrogens with one attached hydrogen (secondary N) is 2. The lowest BCUT2D eigenvalue weighted by Gasteiger charge is -2.22. The molecule has 0 saturated heterocycles. The molecule has 0 atom stereocenters. The quantitative estimate of drug-likeness (QED) is 0.365. The number of rotatable bonds is 5. The minimum absolute atomic E-state index is 0.131. The molecule has 8 heteroatoms. The Bertz CT molecular complexity index is 1220. The van der Waals surface area contributed by atoms with Gasteiger partial charge in [0.1, 0.15) is 9.71 Å². The van der Waals surface area contributed by atoms with E-state index in [-0.39, 0.29) is 23.5 Å². The number of aromatic nitrogens is 1. The number of anilines is 1. The summed E-state index contributed by atoms with van der Waals surface area (Å²) < 4.78 is 5.32. The van der Waals surface area contributed by atoms with Gasteiger partial charge in [-0.3, -0.25) is 10.1 Å². The highest BCUT2D eigenvalue weighted by molar-refractivity contribution is 7.80. The number of aryl methyl sites for hydroxylation is 1. The Morgan fingerprint density at radius 1 is 1.15 bits per heavy atom. The first-order chi connectivity index (χ1) is 15.9. The third-order valence-electron chi connectivity index (χ3n) is 5.70. The van der Waals surface area contributed by atoms with E-state index >= 15 is 0 Å². The van der Waals surface area contributed by atoms with Crippen molar-refractivity contribution in [3.05, 3.63) is 57.6 Å². The van der Waals surface area contributed by atoms with E-state index < -0.39 is 5.97 Å². The molecular formula is C25H27N3O3S2. The largest absolute Gasteiger partial charge is 0.462 e. The third-order valence-corrected chi connectivity index (χ3v) is 6.97. The second-order valence-electron chi connectivity index (χ2n) is 8.30. The number of carbonyl (C=O) groups excluding carboxylic acids is 2. The maximum atomic E-state index is 12.8. The van der Waals surface area contributed by atoms with Crippen molar-refractivity contribution in [2.75, 3.05) is 11.9 Å². The zero-order valence-corrected chi connectivity index (χ0v) is 20.6. The van der Waals surface area contributed by atoms with Gasteiger partial charge in [-0.1, -0.05) is 32.0 Å². The van der Waals surface area contributed by atoms with Crippen molar-refractivity contribution in [3.8, 4) is 0 Å². The Labute approximate surface area is 202 Å². The third kappa shape index (κ3) is 4.77. The number of esters is 1. The molecule has 1 amide bonds. The topological polar surface area (TPSA) is 80.3 Å². The number of hydrogen-bond acceptors (Lipinski definition) is 6. The number of fused-ring (bicyclic) bond motifs is 3. The fourth-order valence-corrected chi connectivity index (χ4v) is 5.52. The summed E-state index contributed by atoms with van der Waals surface area (Å²) >= 11 is 6.78. The predicted octanol–water partition coefficient (Wildman–Crippen LogP) is 5.60. The number of carbonyl (C=O) groups is 2. The van der Waals surface area contributed by atoms with Crippen LogP contribution in [0.4, 0.5) is 5.69 Å². The van der Waals surface area contributed by atoms with E-state index in [1.165, 1.54) is 22.5 Å². The monoisotopic (exact) mass is 481 g/mol. The van der Waals surface area contributed by atoms with Crippen molar-refractivity contribution < 1.29 is 14.3 Å². The summed E-state index contributed by atoms with van der Waals surface area (Å²) in [5.41, 5.74) is 4.68. The summed E-state index contributed by atoms with van der Waals surface area (Å²) in [4.78, 5) is 31.6. The van der Waals surface area contributed by atoms with Crippen LogP contribution in [0.3, 0.4) is 0 Å². The fraction of sp³-hybridized carbons (Fsp3) is 0.360. The van der Waals surface area contributed by atoms with Gasteiger partial charge in [0.05, 0.1) is 12.3 Å². The average Bonchev–Trinajstić information content (AvgIpc) is 3.17. The summed E-state index contributed by atoms with van der Waals surface area (Å²) in [6, 6.07) is 8.87. The molecule has 2 heterocycles. The van der Waals surface area contributed by atoms with E-state index in [1.54, 1.807) is 31.2 Å². The van der Waals surface area contributed by atoms with Gasteiger partial charge < -0.3 is 10.1 Å². The van der Waals surface area contributed by atoms with Crippen molar-refractivity contribution in [1.82, 2.24) is 10.3 Å². The molecule has 0 fully saturated rings. The second kappa shape index (κ2) is 9.97. The molecule has 0 unspecified atom stereocenters. The molecule has 172 valence electrons. The Morgan fingerprint density at radius 3 is 2.52 bits per heavy atom. The van der Waals surface area contributed by atoms with Crippen LogP contribution in [-0.2, 0) is 17.6 Å². The highest BCUT2D eigenvalue weighted by Crippen LogP contribution is 2.42. The molecule has 4 rings (SSSR count). The molecule has 2 aromatic heterocycles. The minimum atomic E-state index is -0.421. The molecule has 0 spiro atoms. The van der Waals surface area contributed by atoms with Crippen LogP contribution < -0.4 is 10.6 Å². The van der Waals surface area contributed by atoms with Crippen LogP contribution in [-0.4, -0.2) is 28.6 Å². The number of ether oxygens (including phenoxy) is 1. The first kappa shape index (κ1) is 23.3. The molecule has 2 N–H and O–H groups in total. The van der Waals surface area contributed by atoms with Gasteiger partial charge in [0.15, 0.2) is 5.11 Å². The second-order valence-corrected chi connectivity index (χ2v) is 9.70. The van der Waals surface area contributed by atoms with Crippen LogP contribution in [0.25, 0.3) is 10.2 Å². The first-order valence-corrected chi connectivity index (χ1v) is 12.5. The van der Waals surface area contributed by atoms with Crippen molar-refractivity contribution >= 4 is 56.4 Å². The predicted molar refractivity (Wildman–Crippen MR) is 136 cm³/mol. The van der Waals surface area contributed by atoms with E-state index in [9.17, 15) is 9.59 Å². The van der Waals surface area contributed by atoms with Crippen LogP contribution in [0.15, 0.2) is 30.3 Å². The van der Waals surface area contributed by atoms with Gasteiger partial charge in [-0.15, -0.1) is 11.3 Å². The first-order valence-electron chi connectivity index (χ1n) is 11.2. The van der Waals surface area contributed by atoms with Gasteiger partial charge in [-0.25, -0.2) is 9.78 Å². The van der Waals surface area contributed by atoms with E-state index in [1.807, 2.05) is 6.07 Å². The Kier molecular flexibility index (Phi) is 7.05. The molecule has 1 aromatic carbocycles. The highest BCUT2D eigenvalue weighted by Gasteiger charge is 2.28. The van der Waals surface area contributed by atoms with Crippen molar-refractivity contribution in [1.29, 1.82) is 0 Å². The van der Waals surface area contributed by atoms with Crippen molar-refractivity contribution in [2.45, 2.75) is 52.4 Å². The summed E-state index contributed by atoms with van der Waals surface area (Å²) in [6.45, 7) is 6.34. The molecular weight excluding hydrogens is 454 g/mol. The van der Waals surface area contributed by atoms with Gasteiger partial charge in [0.25, 0.3) is 5.91 Å². The molecule has 0 aliphatic heterocycles. The smallest absolute Gasteiger partial charge is 0.350 e. The van der Waals surface area contributed by atoms with Crippen molar-refractivity contribution in [3.63, 3.8) is 0 Å². The molecule has 0 saturated carbocycles. The van der Waals surface area contributed by atoms with Crippen LogP contribution in [0, 0.1) is 0 Å². The fourth-order valence-electron chi connectivity index (χ4n) is 4.27. The molecule has 1 aliphatic rings. The van der Waals surface area contributed by atoms with Gasteiger partial charge in [0, 0.05) is 16.6 Å². The number of amides is 1. The van der Waals surface area contributed by atoms with Gasteiger partial charge >= 0.3 is 5.97 Å². The maximum absolute atomic E-state index is 12.8. The number of pyridine rings is 1. The zero-order chi connectivity index (χ0) is 23.5. The van der Waals surface area contributed by atoms with E-state index in [0.717, 1.165) is 41.6 Å². The van der Waals surface area contributed by atoms with Gasteiger partial charge in [-0.05, 0) is 74.0 Å². The summed E-state index contributed by atoms with van der Waals surface area (Å²) in [5.74, 6) is -0.444. The number of thiophene rings is 1. The van der Waals surface area contributed by atoms with Gasteiger partial charge in [0.2, 0.25) is 0 Å². The SMILES string of the molecule is CCOC(=O)c1sc2nc(C(C)C)c3c(c2c1NC(=S)NC(=O)c1ccccc1)CCCC3. The van der Waals surface area contributed by atoms with Crippen LogP contribution in [0.5, 0.6) is 0 Å².